The minimum absolute atomic E-state index is 0.342. The molecule has 0 aromatic heterocycles. The van der Waals surface area contributed by atoms with Gasteiger partial charge >= 0.3 is 17.9 Å². The van der Waals surface area contributed by atoms with E-state index in [1.807, 2.05) is 0 Å². The van der Waals surface area contributed by atoms with Gasteiger partial charge in [0.05, 0.1) is 17.8 Å². The molecule has 0 aromatic rings. The van der Waals surface area contributed by atoms with E-state index in [-0.39, 0.29) is 12.5 Å². The van der Waals surface area contributed by atoms with Crippen LogP contribution in [0.3, 0.4) is 0 Å². The summed E-state index contributed by atoms with van der Waals surface area (Å²) >= 11 is 0. The first-order chi connectivity index (χ1) is 17.1. The minimum atomic E-state index is -1.38. The molecular weight excluding hydrogens is 486 g/mol. The molecule has 4 unspecified atom stereocenters. The molecule has 1 amide bonds. The van der Waals surface area contributed by atoms with E-state index in [0.29, 0.717) is 0 Å². The van der Waals surface area contributed by atoms with Crippen LogP contribution in [0.25, 0.3) is 0 Å². The van der Waals surface area contributed by atoms with E-state index in [9.17, 15) is 24.3 Å². The fraction of sp³-hybridized carbons (Fsp3) is 0.846. The van der Waals surface area contributed by atoms with Crippen LogP contribution < -0.4 is 5.32 Å². The Morgan fingerprint density at radius 3 is 1.73 bits per heavy atom. The third kappa shape index (κ3) is 9.86. The molecule has 0 aromatic carbocycles. The van der Waals surface area contributed by atoms with Gasteiger partial charge in [0, 0.05) is 11.8 Å². The molecule has 6 atom stereocenters. The van der Waals surface area contributed by atoms with Gasteiger partial charge in [-0.15, -0.1) is 0 Å². The first-order valence-electron chi connectivity index (χ1n) is 12.9. The summed E-state index contributed by atoms with van der Waals surface area (Å²) in [6.07, 6.45) is -6.23. The lowest BCUT2D eigenvalue weighted by atomic mass is 9.95. The number of rotatable bonds is 12. The summed E-state index contributed by atoms with van der Waals surface area (Å²) in [5.41, 5.74) is 0. The topological polar surface area (TPSA) is 147 Å². The monoisotopic (exact) mass is 531 g/mol. The van der Waals surface area contributed by atoms with Crippen LogP contribution in [0.4, 0.5) is 0 Å². The first-order valence-corrected chi connectivity index (χ1v) is 12.9. The van der Waals surface area contributed by atoms with Crippen LogP contribution in [0.15, 0.2) is 0 Å². The molecule has 214 valence electrons. The molecule has 1 fully saturated rings. The van der Waals surface area contributed by atoms with Crippen molar-refractivity contribution in [1.29, 1.82) is 0 Å². The Morgan fingerprint density at radius 2 is 1.27 bits per heavy atom. The standard InChI is InChI=1S/C26H45NO10/c1-12(2)21(28)27-18-20(36-24(31)15(7)8)19(35-23(30)14(5)6)17(11-33-22(29)13(3)4)34-26(18)37-25(32)16(9)10/h12-20,24,26,31H,11H2,1-10H3,(H,27,28)/t17?,18?,19-,20?,24?,26-/m1/s1. The number of carbonyl (C=O) groups excluding carboxylic acids is 4. The molecule has 0 radical (unpaired) electrons. The highest BCUT2D eigenvalue weighted by molar-refractivity contribution is 5.78. The summed E-state index contributed by atoms with van der Waals surface area (Å²) < 4.78 is 28.7. The number of hydrogen-bond donors (Lipinski definition) is 2. The second-order valence-electron chi connectivity index (χ2n) is 10.9. The molecule has 0 saturated carbocycles. The fourth-order valence-corrected chi connectivity index (χ4v) is 3.10. The van der Waals surface area contributed by atoms with E-state index < -0.39 is 84.4 Å². The highest BCUT2D eigenvalue weighted by atomic mass is 16.7. The zero-order valence-electron chi connectivity index (χ0n) is 23.7. The maximum absolute atomic E-state index is 12.7. The SMILES string of the molecule is CC(C)C(=O)NC1C(OC(O)C(C)C)[C@H](OC(=O)C(C)C)C(COC(=O)C(C)C)O[C@@H]1OC(=O)C(C)C. The van der Waals surface area contributed by atoms with Gasteiger partial charge in [-0.05, 0) is 0 Å². The van der Waals surface area contributed by atoms with Crippen LogP contribution in [-0.2, 0) is 42.9 Å². The highest BCUT2D eigenvalue weighted by Gasteiger charge is 2.52. The Kier molecular flexibility index (Phi) is 13.0. The molecule has 0 aliphatic carbocycles. The van der Waals surface area contributed by atoms with Gasteiger partial charge < -0.3 is 34.1 Å². The zero-order valence-corrected chi connectivity index (χ0v) is 23.7. The average Bonchev–Trinajstić information content (AvgIpc) is 2.80. The van der Waals surface area contributed by atoms with Crippen molar-refractivity contribution in [3.63, 3.8) is 0 Å². The van der Waals surface area contributed by atoms with E-state index in [0.717, 1.165) is 0 Å². The summed E-state index contributed by atoms with van der Waals surface area (Å²) in [4.78, 5) is 50.2. The number of aliphatic hydroxyl groups excluding tert-OH is 1. The Bertz CT molecular complexity index is 779. The molecule has 1 aliphatic heterocycles. The lowest BCUT2D eigenvalue weighted by Crippen LogP contribution is -2.68. The third-order valence-electron chi connectivity index (χ3n) is 5.64. The molecule has 1 saturated heterocycles. The zero-order chi connectivity index (χ0) is 28.6. The molecule has 11 nitrogen and oxygen atoms in total. The van der Waals surface area contributed by atoms with Gasteiger partial charge in [-0.1, -0.05) is 69.2 Å². The van der Waals surface area contributed by atoms with Crippen molar-refractivity contribution in [3.05, 3.63) is 0 Å². The smallest absolute Gasteiger partial charge is 0.310 e. The number of hydrogen-bond acceptors (Lipinski definition) is 10. The quantitative estimate of drug-likeness (QED) is 0.218. The number of aliphatic hydroxyl groups is 1. The Labute approximate surface area is 219 Å². The van der Waals surface area contributed by atoms with Gasteiger partial charge in [0.2, 0.25) is 12.2 Å². The minimum Gasteiger partial charge on any atom is -0.463 e. The van der Waals surface area contributed by atoms with Crippen molar-refractivity contribution in [2.75, 3.05) is 6.61 Å². The van der Waals surface area contributed by atoms with Crippen molar-refractivity contribution in [2.24, 2.45) is 29.6 Å². The lowest BCUT2D eigenvalue weighted by Gasteiger charge is -2.46. The summed E-state index contributed by atoms with van der Waals surface area (Å²) in [6, 6.07) is -1.15. The first kappa shape index (κ1) is 32.8. The Morgan fingerprint density at radius 1 is 0.757 bits per heavy atom. The van der Waals surface area contributed by atoms with Gasteiger partial charge in [-0.2, -0.15) is 0 Å². The van der Waals surface area contributed by atoms with Crippen molar-refractivity contribution in [2.45, 2.75) is 106 Å². The molecule has 0 bridgehead atoms. The van der Waals surface area contributed by atoms with E-state index in [1.165, 1.54) is 0 Å². The predicted molar refractivity (Wildman–Crippen MR) is 133 cm³/mol. The molecule has 1 heterocycles. The molecule has 0 spiro atoms. The summed E-state index contributed by atoms with van der Waals surface area (Å²) in [5.74, 6) is -4.37. The van der Waals surface area contributed by atoms with Crippen LogP contribution in [0, 0.1) is 29.6 Å². The van der Waals surface area contributed by atoms with Gasteiger partial charge in [0.15, 0.2) is 12.4 Å². The van der Waals surface area contributed by atoms with E-state index in [2.05, 4.69) is 5.32 Å². The lowest BCUT2D eigenvalue weighted by molar-refractivity contribution is -0.298. The second-order valence-corrected chi connectivity index (χ2v) is 10.9. The summed E-state index contributed by atoms with van der Waals surface area (Å²) in [5, 5.41) is 13.4. The molecule has 11 heteroatoms. The normalized spacial score (nSPS) is 24.9. The molecule has 37 heavy (non-hydrogen) atoms. The largest absolute Gasteiger partial charge is 0.463 e. The van der Waals surface area contributed by atoms with Crippen LogP contribution in [0.5, 0.6) is 0 Å². The number of esters is 3. The van der Waals surface area contributed by atoms with E-state index in [1.54, 1.807) is 69.2 Å². The Balaban J connectivity index is 3.58. The number of ether oxygens (including phenoxy) is 5. The maximum atomic E-state index is 12.7. The molecular formula is C26H45NO10. The number of carbonyl (C=O) groups is 4. The molecule has 1 rings (SSSR count). The summed E-state index contributed by atoms with van der Waals surface area (Å²) in [6.45, 7) is 16.3. The van der Waals surface area contributed by atoms with Crippen LogP contribution in [-0.4, -0.2) is 72.5 Å². The summed E-state index contributed by atoms with van der Waals surface area (Å²) in [7, 11) is 0. The number of nitrogens with one attached hydrogen (secondary N) is 1. The predicted octanol–water partition coefficient (Wildman–Crippen LogP) is 2.18. The van der Waals surface area contributed by atoms with E-state index in [4.69, 9.17) is 23.7 Å². The fourth-order valence-electron chi connectivity index (χ4n) is 3.10. The van der Waals surface area contributed by atoms with Gasteiger partial charge in [-0.3, -0.25) is 19.2 Å². The second kappa shape index (κ2) is 14.6. The molecule has 1 aliphatic rings. The van der Waals surface area contributed by atoms with E-state index >= 15 is 0 Å². The Hall–Kier alpha value is -2.24. The maximum Gasteiger partial charge on any atom is 0.310 e. The van der Waals surface area contributed by atoms with Crippen molar-refractivity contribution < 1.29 is 48.0 Å². The average molecular weight is 532 g/mol. The van der Waals surface area contributed by atoms with Gasteiger partial charge in [-0.25, -0.2) is 0 Å². The molecule has 2 N–H and O–H groups in total. The highest BCUT2D eigenvalue weighted by Crippen LogP contribution is 2.30. The number of amides is 1. The van der Waals surface area contributed by atoms with Crippen molar-refractivity contribution >= 4 is 23.8 Å². The van der Waals surface area contributed by atoms with Crippen molar-refractivity contribution in [3.8, 4) is 0 Å². The van der Waals surface area contributed by atoms with Crippen molar-refractivity contribution in [1.82, 2.24) is 5.32 Å². The van der Waals surface area contributed by atoms with Crippen LogP contribution in [0.1, 0.15) is 69.2 Å². The van der Waals surface area contributed by atoms with Gasteiger partial charge in [0.25, 0.3) is 0 Å². The third-order valence-corrected chi connectivity index (χ3v) is 5.64. The van der Waals surface area contributed by atoms with Gasteiger partial charge in [0.1, 0.15) is 24.9 Å². The van der Waals surface area contributed by atoms with Crippen LogP contribution in [0.2, 0.25) is 0 Å². The van der Waals surface area contributed by atoms with Crippen LogP contribution >= 0.6 is 0 Å².